The highest BCUT2D eigenvalue weighted by molar-refractivity contribution is 7.92. The van der Waals surface area contributed by atoms with Crippen LogP contribution >= 0.6 is 0 Å². The molecule has 1 aliphatic heterocycles. The summed E-state index contributed by atoms with van der Waals surface area (Å²) in [5.74, 6) is 0. The number of hydrogen-bond acceptors (Lipinski definition) is 3. The van der Waals surface area contributed by atoms with Crippen LogP contribution in [0.25, 0.3) is 11.1 Å². The molecule has 0 aliphatic carbocycles. The zero-order valence-electron chi connectivity index (χ0n) is 16.0. The summed E-state index contributed by atoms with van der Waals surface area (Å²) in [6, 6.07) is 16.6. The van der Waals surface area contributed by atoms with Gasteiger partial charge < -0.3 is 4.90 Å². The Labute approximate surface area is 158 Å². The molecule has 1 saturated heterocycles. The molecule has 1 heterocycles. The molecular formula is C22H29NO2S. The highest BCUT2D eigenvalue weighted by atomic mass is 32.2. The number of rotatable bonds is 6. The summed E-state index contributed by atoms with van der Waals surface area (Å²) >= 11 is 0. The van der Waals surface area contributed by atoms with Crippen molar-refractivity contribution in [3.8, 4) is 11.1 Å². The SMILES string of the molecule is CC(C)S(=O)(=O)c1ccc(-c2ccc(CCN3CCC[C@H]3C)cc2)cc1. The van der Waals surface area contributed by atoms with E-state index in [1.165, 1.54) is 24.9 Å². The lowest BCUT2D eigenvalue weighted by Crippen LogP contribution is -2.28. The minimum Gasteiger partial charge on any atom is -0.300 e. The van der Waals surface area contributed by atoms with Gasteiger partial charge in [-0.2, -0.15) is 0 Å². The van der Waals surface area contributed by atoms with Crippen LogP contribution in [0.15, 0.2) is 53.4 Å². The molecule has 0 radical (unpaired) electrons. The van der Waals surface area contributed by atoms with Crippen LogP contribution in [-0.4, -0.2) is 37.7 Å². The fourth-order valence-corrected chi connectivity index (χ4v) is 4.63. The van der Waals surface area contributed by atoms with Crippen LogP contribution in [0.3, 0.4) is 0 Å². The van der Waals surface area contributed by atoms with Gasteiger partial charge in [0.1, 0.15) is 0 Å². The number of likely N-dealkylation sites (tertiary alicyclic amines) is 1. The maximum absolute atomic E-state index is 12.2. The molecule has 0 bridgehead atoms. The Balaban J connectivity index is 1.66. The summed E-state index contributed by atoms with van der Waals surface area (Å²) in [7, 11) is -3.21. The Morgan fingerprint density at radius 2 is 1.58 bits per heavy atom. The Morgan fingerprint density at radius 3 is 2.08 bits per heavy atom. The smallest absolute Gasteiger partial charge is 0.180 e. The van der Waals surface area contributed by atoms with Gasteiger partial charge in [0.25, 0.3) is 0 Å². The molecule has 2 aromatic carbocycles. The number of nitrogens with zero attached hydrogens (tertiary/aromatic N) is 1. The Bertz CT molecular complexity index is 823. The molecule has 140 valence electrons. The van der Waals surface area contributed by atoms with Crippen LogP contribution in [0.5, 0.6) is 0 Å². The molecule has 1 fully saturated rings. The standard InChI is InChI=1S/C22H29NO2S/c1-17(2)26(24,25)22-12-10-21(11-13-22)20-8-6-19(7-9-20)14-16-23-15-4-5-18(23)3/h6-13,17-18H,4-5,14-16H2,1-3H3/t18-/m1/s1. The lowest BCUT2D eigenvalue weighted by Gasteiger charge is -2.20. The van der Waals surface area contributed by atoms with Crippen molar-refractivity contribution in [1.29, 1.82) is 0 Å². The van der Waals surface area contributed by atoms with E-state index in [4.69, 9.17) is 0 Å². The van der Waals surface area contributed by atoms with E-state index in [0.717, 1.165) is 30.1 Å². The van der Waals surface area contributed by atoms with Gasteiger partial charge in [-0.15, -0.1) is 0 Å². The van der Waals surface area contributed by atoms with Crippen LogP contribution in [0.2, 0.25) is 0 Å². The fourth-order valence-electron chi connectivity index (χ4n) is 3.57. The van der Waals surface area contributed by atoms with Gasteiger partial charge in [-0.1, -0.05) is 36.4 Å². The van der Waals surface area contributed by atoms with Crippen LogP contribution in [0.1, 0.15) is 39.2 Å². The van der Waals surface area contributed by atoms with E-state index < -0.39 is 15.1 Å². The normalized spacial score (nSPS) is 18.5. The second-order valence-corrected chi connectivity index (χ2v) is 10.1. The van der Waals surface area contributed by atoms with Gasteiger partial charge in [-0.25, -0.2) is 8.42 Å². The quantitative estimate of drug-likeness (QED) is 0.747. The Morgan fingerprint density at radius 1 is 1.00 bits per heavy atom. The second kappa shape index (κ2) is 7.93. The first-order valence-corrected chi connectivity index (χ1v) is 11.1. The van der Waals surface area contributed by atoms with Gasteiger partial charge in [0.15, 0.2) is 9.84 Å². The zero-order chi connectivity index (χ0) is 18.7. The molecule has 0 unspecified atom stereocenters. The Hall–Kier alpha value is -1.65. The molecule has 1 aliphatic rings. The molecule has 0 aromatic heterocycles. The van der Waals surface area contributed by atoms with Crippen molar-refractivity contribution in [3.05, 3.63) is 54.1 Å². The molecule has 1 atom stereocenters. The molecule has 2 aromatic rings. The third-order valence-corrected chi connectivity index (χ3v) is 7.64. The van der Waals surface area contributed by atoms with Crippen molar-refractivity contribution in [2.24, 2.45) is 0 Å². The highest BCUT2D eigenvalue weighted by Crippen LogP contribution is 2.24. The first-order valence-electron chi connectivity index (χ1n) is 9.55. The third kappa shape index (κ3) is 4.18. The number of hydrogen-bond donors (Lipinski definition) is 0. The molecule has 3 rings (SSSR count). The molecule has 0 amide bonds. The minimum atomic E-state index is -3.21. The van der Waals surface area contributed by atoms with Crippen molar-refractivity contribution in [1.82, 2.24) is 4.90 Å². The Kier molecular flexibility index (Phi) is 5.83. The highest BCUT2D eigenvalue weighted by Gasteiger charge is 2.20. The predicted molar refractivity (Wildman–Crippen MR) is 108 cm³/mol. The van der Waals surface area contributed by atoms with Gasteiger partial charge in [0.05, 0.1) is 10.1 Å². The summed E-state index contributed by atoms with van der Waals surface area (Å²) in [6.07, 6.45) is 3.72. The predicted octanol–water partition coefficient (Wildman–Crippen LogP) is 4.56. The van der Waals surface area contributed by atoms with Gasteiger partial charge >= 0.3 is 0 Å². The maximum atomic E-state index is 12.2. The van der Waals surface area contributed by atoms with Crippen molar-refractivity contribution in [2.75, 3.05) is 13.1 Å². The number of benzene rings is 2. The van der Waals surface area contributed by atoms with Gasteiger partial charge in [-0.05, 0) is 75.4 Å². The van der Waals surface area contributed by atoms with E-state index in [2.05, 4.69) is 36.1 Å². The van der Waals surface area contributed by atoms with E-state index >= 15 is 0 Å². The molecule has 0 spiro atoms. The van der Waals surface area contributed by atoms with Crippen LogP contribution in [0, 0.1) is 0 Å². The average molecular weight is 372 g/mol. The summed E-state index contributed by atoms with van der Waals surface area (Å²) in [5.41, 5.74) is 3.52. The summed E-state index contributed by atoms with van der Waals surface area (Å²) in [4.78, 5) is 2.97. The molecule has 4 heteroatoms. The first-order chi connectivity index (χ1) is 12.4. The van der Waals surface area contributed by atoms with E-state index in [1.54, 1.807) is 26.0 Å². The van der Waals surface area contributed by atoms with Crippen molar-refractivity contribution < 1.29 is 8.42 Å². The summed E-state index contributed by atoms with van der Waals surface area (Å²) in [5, 5.41) is -0.397. The van der Waals surface area contributed by atoms with Crippen LogP contribution < -0.4 is 0 Å². The molecule has 26 heavy (non-hydrogen) atoms. The first kappa shape index (κ1) is 19.1. The van der Waals surface area contributed by atoms with Crippen molar-refractivity contribution in [3.63, 3.8) is 0 Å². The van der Waals surface area contributed by atoms with Gasteiger partial charge in [0, 0.05) is 12.6 Å². The lowest BCUT2D eigenvalue weighted by atomic mass is 10.0. The van der Waals surface area contributed by atoms with Gasteiger partial charge in [-0.3, -0.25) is 0 Å². The summed E-state index contributed by atoms with van der Waals surface area (Å²) in [6.45, 7) is 8.10. The van der Waals surface area contributed by atoms with E-state index in [-0.39, 0.29) is 0 Å². The zero-order valence-corrected chi connectivity index (χ0v) is 16.8. The van der Waals surface area contributed by atoms with Crippen LogP contribution in [0.4, 0.5) is 0 Å². The molecule has 3 nitrogen and oxygen atoms in total. The molecule has 0 saturated carbocycles. The average Bonchev–Trinajstić information content (AvgIpc) is 3.05. The van der Waals surface area contributed by atoms with Gasteiger partial charge in [0.2, 0.25) is 0 Å². The largest absolute Gasteiger partial charge is 0.300 e. The van der Waals surface area contributed by atoms with E-state index in [1.807, 2.05) is 12.1 Å². The van der Waals surface area contributed by atoms with E-state index in [0.29, 0.717) is 4.90 Å². The minimum absolute atomic E-state index is 0.396. The number of sulfone groups is 1. The topological polar surface area (TPSA) is 37.4 Å². The van der Waals surface area contributed by atoms with Crippen molar-refractivity contribution in [2.45, 2.75) is 56.2 Å². The van der Waals surface area contributed by atoms with Crippen LogP contribution in [-0.2, 0) is 16.3 Å². The maximum Gasteiger partial charge on any atom is 0.180 e. The van der Waals surface area contributed by atoms with Crippen molar-refractivity contribution >= 4 is 9.84 Å². The summed E-state index contributed by atoms with van der Waals surface area (Å²) < 4.78 is 24.4. The monoisotopic (exact) mass is 371 g/mol. The lowest BCUT2D eigenvalue weighted by molar-refractivity contribution is 0.272. The molecule has 0 N–H and O–H groups in total. The van der Waals surface area contributed by atoms with E-state index in [9.17, 15) is 8.42 Å². The molecular weight excluding hydrogens is 342 g/mol. The fraction of sp³-hybridized carbons (Fsp3) is 0.455. The second-order valence-electron chi connectivity index (χ2n) is 7.59. The third-order valence-electron chi connectivity index (χ3n) is 5.47.